The van der Waals surface area contributed by atoms with Crippen LogP contribution in [0.4, 0.5) is 0 Å². The molecule has 0 heterocycles. The molecule has 0 rings (SSSR count). The Morgan fingerprint density at radius 3 is 2.67 bits per heavy atom. The molecule has 1 N–H and O–H groups in total. The number of ether oxygens (including phenoxy) is 1. The molecule has 0 amide bonds. The molecule has 0 radical (unpaired) electrons. The molecule has 0 aliphatic rings. The van der Waals surface area contributed by atoms with Crippen LogP contribution in [0.2, 0.25) is 0 Å². The molecule has 0 saturated heterocycles. The topological polar surface area (TPSA) is 46.5 Å². The van der Waals surface area contributed by atoms with Crippen LogP contribution in [-0.2, 0) is 9.53 Å². The summed E-state index contributed by atoms with van der Waals surface area (Å²) in [4.78, 5) is 10.6. The van der Waals surface area contributed by atoms with Crippen LogP contribution in [0.15, 0.2) is 36.1 Å². The molecular weight excluding hydrogens is 216 g/mol. The Bertz CT molecular complexity index is 292. The number of allylic oxidation sites excluding steroid dienone is 4. The predicted octanol–water partition coefficient (Wildman–Crippen LogP) is 2.73. The molecule has 0 saturated carbocycles. The van der Waals surface area contributed by atoms with Crippen LogP contribution in [0.3, 0.4) is 0 Å². The van der Waals surface area contributed by atoms with Gasteiger partial charge < -0.3 is 9.84 Å². The van der Waals surface area contributed by atoms with E-state index in [9.17, 15) is 4.79 Å². The first-order valence-electron chi connectivity index (χ1n) is 4.46. The van der Waals surface area contributed by atoms with Crippen molar-refractivity contribution in [2.45, 2.75) is 20.0 Å². The number of carboxylic acid groups (broad SMARTS) is 1. The lowest BCUT2D eigenvalue weighted by atomic mass is 10.2. The van der Waals surface area contributed by atoms with Crippen molar-refractivity contribution in [1.29, 1.82) is 0 Å². The van der Waals surface area contributed by atoms with Crippen molar-refractivity contribution >= 4 is 17.6 Å². The summed E-state index contributed by atoms with van der Waals surface area (Å²) in [5, 5.41) is 8.67. The van der Waals surface area contributed by atoms with E-state index < -0.39 is 12.1 Å². The van der Waals surface area contributed by atoms with Crippen LogP contribution in [0.5, 0.6) is 0 Å². The first-order valence-corrected chi connectivity index (χ1v) is 5.00. The zero-order valence-corrected chi connectivity index (χ0v) is 9.62. The van der Waals surface area contributed by atoms with E-state index >= 15 is 0 Å². The fraction of sp³-hybridized carbons (Fsp3) is 0.364. The second kappa shape index (κ2) is 7.12. The summed E-state index contributed by atoms with van der Waals surface area (Å²) in [6.45, 7) is 6.81. The minimum Gasteiger partial charge on any atom is -0.479 e. The molecule has 0 bridgehead atoms. The van der Waals surface area contributed by atoms with Crippen LogP contribution in [0, 0.1) is 0 Å². The van der Waals surface area contributed by atoms with Gasteiger partial charge in [0.05, 0.1) is 0 Å². The molecule has 0 aromatic rings. The number of rotatable bonds is 6. The van der Waals surface area contributed by atoms with Crippen molar-refractivity contribution in [2.24, 2.45) is 0 Å². The van der Waals surface area contributed by atoms with E-state index in [0.29, 0.717) is 11.6 Å². The van der Waals surface area contributed by atoms with Gasteiger partial charge in [0, 0.05) is 5.88 Å². The van der Waals surface area contributed by atoms with Gasteiger partial charge in [-0.3, -0.25) is 0 Å². The fourth-order valence-electron chi connectivity index (χ4n) is 0.774. The average molecular weight is 231 g/mol. The first kappa shape index (κ1) is 13.8. The summed E-state index contributed by atoms with van der Waals surface area (Å²) in [7, 11) is 0. The maximum Gasteiger partial charge on any atom is 0.344 e. The lowest BCUT2D eigenvalue weighted by Crippen LogP contribution is -2.19. The maximum atomic E-state index is 10.6. The molecule has 0 spiro atoms. The molecule has 84 valence electrons. The van der Waals surface area contributed by atoms with Gasteiger partial charge in [-0.25, -0.2) is 4.79 Å². The highest BCUT2D eigenvalue weighted by atomic mass is 35.5. The van der Waals surface area contributed by atoms with Gasteiger partial charge in [-0.2, -0.15) is 0 Å². The van der Waals surface area contributed by atoms with Crippen LogP contribution in [0.1, 0.15) is 13.8 Å². The highest BCUT2D eigenvalue weighted by Crippen LogP contribution is 2.09. The van der Waals surface area contributed by atoms with Crippen molar-refractivity contribution in [3.8, 4) is 0 Å². The fourth-order valence-corrected chi connectivity index (χ4v) is 0.851. The van der Waals surface area contributed by atoms with E-state index in [-0.39, 0.29) is 0 Å². The van der Waals surface area contributed by atoms with Crippen LogP contribution in [-0.4, -0.2) is 23.1 Å². The zero-order valence-electron chi connectivity index (χ0n) is 8.87. The van der Waals surface area contributed by atoms with E-state index in [4.69, 9.17) is 21.4 Å². The first-order chi connectivity index (χ1) is 7.01. The molecule has 3 nitrogen and oxygen atoms in total. The molecule has 0 fully saturated rings. The van der Waals surface area contributed by atoms with E-state index in [1.165, 1.54) is 13.0 Å². The molecule has 0 aromatic heterocycles. The SMILES string of the molecule is C=C/C=C(\C=C(\C)CCl)OC(C)C(=O)O. The van der Waals surface area contributed by atoms with Gasteiger partial charge in [-0.1, -0.05) is 18.2 Å². The Hall–Kier alpha value is -1.22. The third-order valence-electron chi connectivity index (χ3n) is 1.54. The summed E-state index contributed by atoms with van der Waals surface area (Å²) in [6, 6.07) is 0. The van der Waals surface area contributed by atoms with Crippen molar-refractivity contribution in [2.75, 3.05) is 5.88 Å². The highest BCUT2D eigenvalue weighted by molar-refractivity contribution is 6.19. The zero-order chi connectivity index (χ0) is 11.8. The normalized spacial score (nSPS) is 14.6. The second-order valence-electron chi connectivity index (χ2n) is 3.03. The smallest absolute Gasteiger partial charge is 0.344 e. The summed E-state index contributed by atoms with van der Waals surface area (Å²) < 4.78 is 5.18. The van der Waals surface area contributed by atoms with Crippen molar-refractivity contribution in [3.05, 3.63) is 36.1 Å². The largest absolute Gasteiger partial charge is 0.479 e. The monoisotopic (exact) mass is 230 g/mol. The number of hydrogen-bond acceptors (Lipinski definition) is 2. The van der Waals surface area contributed by atoms with E-state index in [1.807, 2.05) is 6.92 Å². The maximum absolute atomic E-state index is 10.6. The molecular formula is C11H15ClO3. The van der Waals surface area contributed by atoms with E-state index in [1.54, 1.807) is 12.2 Å². The molecule has 1 unspecified atom stereocenters. The number of carboxylic acids is 1. The van der Waals surface area contributed by atoms with Crippen molar-refractivity contribution < 1.29 is 14.6 Å². The van der Waals surface area contributed by atoms with Gasteiger partial charge in [0.15, 0.2) is 6.10 Å². The van der Waals surface area contributed by atoms with Crippen LogP contribution >= 0.6 is 11.6 Å². The number of hydrogen-bond donors (Lipinski definition) is 1. The van der Waals surface area contributed by atoms with Gasteiger partial charge in [0.2, 0.25) is 0 Å². The van der Waals surface area contributed by atoms with Crippen molar-refractivity contribution in [1.82, 2.24) is 0 Å². The average Bonchev–Trinajstić information content (AvgIpc) is 2.17. The molecule has 1 atom stereocenters. The van der Waals surface area contributed by atoms with Gasteiger partial charge >= 0.3 is 5.97 Å². The molecule has 0 aliphatic heterocycles. The Balaban J connectivity index is 4.63. The second-order valence-corrected chi connectivity index (χ2v) is 3.29. The van der Waals surface area contributed by atoms with Crippen LogP contribution in [0.25, 0.3) is 0 Å². The van der Waals surface area contributed by atoms with Gasteiger partial charge in [-0.15, -0.1) is 11.6 Å². The Morgan fingerprint density at radius 2 is 2.27 bits per heavy atom. The lowest BCUT2D eigenvalue weighted by Gasteiger charge is -2.11. The predicted molar refractivity (Wildman–Crippen MR) is 60.9 cm³/mol. The number of aliphatic carboxylic acids is 1. The summed E-state index contributed by atoms with van der Waals surface area (Å²) in [6.07, 6.45) is 3.92. The molecule has 4 heteroatoms. The van der Waals surface area contributed by atoms with E-state index in [0.717, 1.165) is 5.57 Å². The molecule has 0 aliphatic carbocycles. The third kappa shape index (κ3) is 5.96. The summed E-state index contributed by atoms with van der Waals surface area (Å²) in [5.41, 5.74) is 0.891. The minimum atomic E-state index is -1.01. The number of halogens is 1. The number of alkyl halides is 1. The number of carbonyl (C=O) groups is 1. The van der Waals surface area contributed by atoms with Gasteiger partial charge in [-0.05, 0) is 26.0 Å². The minimum absolute atomic E-state index is 0.374. The van der Waals surface area contributed by atoms with Crippen molar-refractivity contribution in [3.63, 3.8) is 0 Å². The van der Waals surface area contributed by atoms with Gasteiger partial charge in [0.25, 0.3) is 0 Å². The Morgan fingerprint density at radius 1 is 1.67 bits per heavy atom. The standard InChI is InChI=1S/C11H15ClO3/c1-4-5-10(6-8(2)7-12)15-9(3)11(13)14/h4-6,9H,1,7H2,2-3H3,(H,13,14)/b8-6-,10-5+. The summed E-state index contributed by atoms with van der Waals surface area (Å²) >= 11 is 5.60. The lowest BCUT2D eigenvalue weighted by molar-refractivity contribution is -0.146. The van der Waals surface area contributed by atoms with E-state index in [2.05, 4.69) is 6.58 Å². The Labute approximate surface area is 94.7 Å². The quantitative estimate of drug-likeness (QED) is 0.434. The molecule has 0 aromatic carbocycles. The Kier molecular flexibility index (Phi) is 6.54. The highest BCUT2D eigenvalue weighted by Gasteiger charge is 2.12. The third-order valence-corrected chi connectivity index (χ3v) is 1.96. The van der Waals surface area contributed by atoms with Crippen LogP contribution < -0.4 is 0 Å². The molecule has 15 heavy (non-hydrogen) atoms. The summed E-state index contributed by atoms with van der Waals surface area (Å²) in [5.74, 6) is -0.195. The van der Waals surface area contributed by atoms with Gasteiger partial charge in [0.1, 0.15) is 5.76 Å².